The lowest BCUT2D eigenvalue weighted by atomic mass is 10.1. The van der Waals surface area contributed by atoms with Crippen LogP contribution in [0.3, 0.4) is 0 Å². The van der Waals surface area contributed by atoms with Crippen LogP contribution in [0.25, 0.3) is 16.9 Å². The van der Waals surface area contributed by atoms with Crippen molar-refractivity contribution >= 4 is 29.1 Å². The molecule has 0 radical (unpaired) electrons. The largest absolute Gasteiger partial charge is 0.416 e. The normalized spacial score (nSPS) is 11.3. The maximum absolute atomic E-state index is 13.0. The molecule has 0 atom stereocenters. The second kappa shape index (κ2) is 9.71. The third kappa shape index (κ3) is 5.41. The van der Waals surface area contributed by atoms with E-state index in [9.17, 15) is 18.0 Å². The van der Waals surface area contributed by atoms with Gasteiger partial charge in [-0.3, -0.25) is 0 Å². The highest BCUT2D eigenvalue weighted by Crippen LogP contribution is 2.36. The Morgan fingerprint density at radius 2 is 1.66 bits per heavy atom. The summed E-state index contributed by atoms with van der Waals surface area (Å²) in [6, 6.07) is 20.2. The van der Waals surface area contributed by atoms with E-state index >= 15 is 0 Å². The molecule has 1 aromatic heterocycles. The first-order valence-corrected chi connectivity index (χ1v) is 10.9. The Balaban J connectivity index is 1.70. The SMILES string of the molecule is CN(Cc1ccccc1)C(=O)Nc1c(-c2ccc(Cl)cc2)nn(-c2ccc(C(F)(F)F)cc2)c1N. The summed E-state index contributed by atoms with van der Waals surface area (Å²) in [6.07, 6.45) is -4.47. The molecule has 0 spiro atoms. The Morgan fingerprint density at radius 3 is 2.26 bits per heavy atom. The number of carbonyl (C=O) groups excluding carboxylic acids is 1. The monoisotopic (exact) mass is 499 g/mol. The van der Waals surface area contributed by atoms with Gasteiger partial charge in [0, 0.05) is 24.2 Å². The molecule has 10 heteroatoms. The van der Waals surface area contributed by atoms with Crippen LogP contribution < -0.4 is 11.1 Å². The van der Waals surface area contributed by atoms with Crippen molar-refractivity contribution in [2.24, 2.45) is 0 Å². The smallest absolute Gasteiger partial charge is 0.382 e. The zero-order valence-electron chi connectivity index (χ0n) is 18.6. The first kappa shape index (κ1) is 24.2. The van der Waals surface area contributed by atoms with E-state index in [0.717, 1.165) is 17.7 Å². The van der Waals surface area contributed by atoms with Crippen molar-refractivity contribution in [3.63, 3.8) is 0 Å². The van der Waals surface area contributed by atoms with Crippen LogP contribution in [-0.4, -0.2) is 27.8 Å². The highest BCUT2D eigenvalue weighted by molar-refractivity contribution is 6.30. The minimum Gasteiger partial charge on any atom is -0.382 e. The molecular formula is C25H21ClF3N5O. The quantitative estimate of drug-likeness (QED) is 0.331. The minimum atomic E-state index is -4.47. The standard InChI is InChI=1S/C25H21ClF3N5O/c1-33(15-16-5-3-2-4-6-16)24(35)31-22-21(17-7-11-19(26)12-8-17)32-34(23(22)30)20-13-9-18(10-14-20)25(27,28)29/h2-14H,15,30H2,1H3,(H,31,35). The number of hydrogen-bond acceptors (Lipinski definition) is 3. The number of anilines is 2. The number of amides is 2. The molecule has 3 aromatic carbocycles. The topological polar surface area (TPSA) is 76.2 Å². The molecule has 2 amide bonds. The van der Waals surface area contributed by atoms with Gasteiger partial charge in [0.15, 0.2) is 5.82 Å². The van der Waals surface area contributed by atoms with Crippen LogP contribution >= 0.6 is 11.6 Å². The molecule has 0 aliphatic rings. The van der Waals surface area contributed by atoms with Crippen LogP contribution in [0.4, 0.5) is 29.5 Å². The number of aromatic nitrogens is 2. The molecule has 0 saturated heterocycles. The van der Waals surface area contributed by atoms with Gasteiger partial charge in [-0.2, -0.15) is 18.3 Å². The minimum absolute atomic E-state index is 0.0659. The molecule has 3 N–H and O–H groups in total. The van der Waals surface area contributed by atoms with Crippen LogP contribution in [-0.2, 0) is 12.7 Å². The van der Waals surface area contributed by atoms with Crippen LogP contribution in [0, 0.1) is 0 Å². The zero-order chi connectivity index (χ0) is 25.2. The molecule has 0 saturated carbocycles. The van der Waals surface area contributed by atoms with Gasteiger partial charge in [0.2, 0.25) is 0 Å². The van der Waals surface area contributed by atoms with Gasteiger partial charge in [-0.15, -0.1) is 0 Å². The maximum atomic E-state index is 13.0. The Labute approximate surface area is 204 Å². The van der Waals surface area contributed by atoms with Crippen molar-refractivity contribution in [3.8, 4) is 16.9 Å². The Hall–Kier alpha value is -3.98. The molecular weight excluding hydrogens is 479 g/mol. The molecule has 4 rings (SSSR count). The zero-order valence-corrected chi connectivity index (χ0v) is 19.3. The summed E-state index contributed by atoms with van der Waals surface area (Å²) >= 11 is 6.01. The highest BCUT2D eigenvalue weighted by Gasteiger charge is 2.30. The predicted octanol–water partition coefficient (Wildman–Crippen LogP) is 6.46. The summed E-state index contributed by atoms with van der Waals surface area (Å²) in [4.78, 5) is 14.5. The molecule has 35 heavy (non-hydrogen) atoms. The van der Waals surface area contributed by atoms with E-state index < -0.39 is 17.8 Å². The third-order valence-electron chi connectivity index (χ3n) is 5.32. The van der Waals surface area contributed by atoms with Crippen LogP contribution in [0.15, 0.2) is 78.9 Å². The van der Waals surface area contributed by atoms with E-state index in [1.165, 1.54) is 21.7 Å². The number of halogens is 4. The van der Waals surface area contributed by atoms with Gasteiger partial charge in [-0.25, -0.2) is 9.48 Å². The molecule has 0 fully saturated rings. The van der Waals surface area contributed by atoms with Gasteiger partial charge < -0.3 is 16.0 Å². The van der Waals surface area contributed by atoms with Crippen LogP contribution in [0.1, 0.15) is 11.1 Å². The molecule has 0 bridgehead atoms. The molecule has 0 aliphatic heterocycles. The average Bonchev–Trinajstić information content (AvgIpc) is 3.15. The number of hydrogen-bond donors (Lipinski definition) is 2. The van der Waals surface area contributed by atoms with Gasteiger partial charge >= 0.3 is 12.2 Å². The number of nitrogens with one attached hydrogen (secondary N) is 1. The number of nitrogen functional groups attached to an aromatic ring is 1. The van der Waals surface area contributed by atoms with E-state index in [-0.39, 0.29) is 11.5 Å². The number of carbonyl (C=O) groups is 1. The summed E-state index contributed by atoms with van der Waals surface area (Å²) in [5.41, 5.74) is 8.01. The van der Waals surface area contributed by atoms with Crippen molar-refractivity contribution in [3.05, 3.63) is 95.0 Å². The Morgan fingerprint density at radius 1 is 1.03 bits per heavy atom. The summed E-state index contributed by atoms with van der Waals surface area (Å²) in [5, 5.41) is 7.82. The third-order valence-corrected chi connectivity index (χ3v) is 5.57. The molecule has 6 nitrogen and oxygen atoms in total. The molecule has 1 heterocycles. The number of alkyl halides is 3. The number of rotatable bonds is 5. The molecule has 4 aromatic rings. The highest BCUT2D eigenvalue weighted by atomic mass is 35.5. The first-order chi connectivity index (χ1) is 16.6. The van der Waals surface area contributed by atoms with Gasteiger partial charge in [0.05, 0.1) is 11.3 Å². The predicted molar refractivity (Wildman–Crippen MR) is 130 cm³/mol. The summed E-state index contributed by atoms with van der Waals surface area (Å²) in [5.74, 6) is 0.0659. The fourth-order valence-corrected chi connectivity index (χ4v) is 3.61. The Bertz CT molecular complexity index is 1320. The summed E-state index contributed by atoms with van der Waals surface area (Å²) in [6.45, 7) is 0.357. The first-order valence-electron chi connectivity index (χ1n) is 10.5. The van der Waals surface area contributed by atoms with E-state index in [0.29, 0.717) is 28.5 Å². The lowest BCUT2D eigenvalue weighted by molar-refractivity contribution is -0.137. The van der Waals surface area contributed by atoms with Crippen LogP contribution in [0.2, 0.25) is 5.02 Å². The molecule has 180 valence electrons. The number of nitrogens with zero attached hydrogens (tertiary/aromatic N) is 3. The molecule has 0 unspecified atom stereocenters. The van der Waals surface area contributed by atoms with Crippen molar-refractivity contribution in [1.29, 1.82) is 0 Å². The molecule has 0 aliphatic carbocycles. The lowest BCUT2D eigenvalue weighted by Gasteiger charge is -2.18. The van der Waals surface area contributed by atoms with Gasteiger partial charge in [-0.05, 0) is 42.0 Å². The second-order valence-corrected chi connectivity index (χ2v) is 8.28. The van der Waals surface area contributed by atoms with Crippen molar-refractivity contribution in [2.75, 3.05) is 18.1 Å². The number of benzene rings is 3. The van der Waals surface area contributed by atoms with Crippen molar-refractivity contribution in [2.45, 2.75) is 12.7 Å². The summed E-state index contributed by atoms with van der Waals surface area (Å²) < 4.78 is 40.3. The van der Waals surface area contributed by atoms with E-state index in [1.807, 2.05) is 30.3 Å². The average molecular weight is 500 g/mol. The van der Waals surface area contributed by atoms with Gasteiger partial charge in [0.1, 0.15) is 11.4 Å². The van der Waals surface area contributed by atoms with E-state index in [1.54, 1.807) is 31.3 Å². The van der Waals surface area contributed by atoms with Crippen LogP contribution in [0.5, 0.6) is 0 Å². The Kier molecular flexibility index (Phi) is 6.70. The van der Waals surface area contributed by atoms with Crippen molar-refractivity contribution < 1.29 is 18.0 Å². The van der Waals surface area contributed by atoms with Crippen molar-refractivity contribution in [1.82, 2.24) is 14.7 Å². The van der Waals surface area contributed by atoms with E-state index in [4.69, 9.17) is 17.3 Å². The summed E-state index contributed by atoms with van der Waals surface area (Å²) in [7, 11) is 1.64. The fraction of sp³-hybridized carbons (Fsp3) is 0.120. The number of nitrogens with two attached hydrogens (primary N) is 1. The van der Waals surface area contributed by atoms with Gasteiger partial charge in [-0.1, -0.05) is 54.1 Å². The fourth-order valence-electron chi connectivity index (χ4n) is 3.48. The maximum Gasteiger partial charge on any atom is 0.416 e. The second-order valence-electron chi connectivity index (χ2n) is 7.84. The lowest BCUT2D eigenvalue weighted by Crippen LogP contribution is -2.31. The van der Waals surface area contributed by atoms with Gasteiger partial charge in [0.25, 0.3) is 0 Å². The van der Waals surface area contributed by atoms with E-state index in [2.05, 4.69) is 10.4 Å². The number of urea groups is 1.